The van der Waals surface area contributed by atoms with Crippen molar-refractivity contribution in [1.29, 1.82) is 0 Å². The highest BCUT2D eigenvalue weighted by atomic mass is 79.9. The molecule has 2 nitrogen and oxygen atoms in total. The zero-order valence-corrected chi connectivity index (χ0v) is 12.9. The molecule has 0 bridgehead atoms. The van der Waals surface area contributed by atoms with Crippen LogP contribution in [-0.2, 0) is 10.7 Å². The Morgan fingerprint density at radius 2 is 1.76 bits per heavy atom. The van der Waals surface area contributed by atoms with Crippen molar-refractivity contribution in [3.8, 4) is 0 Å². The van der Waals surface area contributed by atoms with Crippen molar-refractivity contribution in [2.75, 3.05) is 6.61 Å². The highest BCUT2D eigenvalue weighted by Crippen LogP contribution is 2.38. The Labute approximate surface area is 129 Å². The number of esters is 1. The number of hydrogen-bond acceptors (Lipinski definition) is 2. The van der Waals surface area contributed by atoms with E-state index in [1.165, 1.54) is 48.5 Å². The van der Waals surface area contributed by atoms with Gasteiger partial charge in [-0.05, 0) is 25.1 Å². The zero-order valence-electron chi connectivity index (χ0n) is 11.3. The number of benzene rings is 2. The van der Waals surface area contributed by atoms with Crippen molar-refractivity contribution >= 4 is 21.9 Å². The number of ether oxygens (including phenoxy) is 1. The predicted molar refractivity (Wildman–Crippen MR) is 79.5 cm³/mol. The summed E-state index contributed by atoms with van der Waals surface area (Å²) in [7, 11) is 0. The van der Waals surface area contributed by atoms with E-state index in [0.717, 1.165) is 0 Å². The summed E-state index contributed by atoms with van der Waals surface area (Å²) in [6.45, 7) is 1.77. The highest BCUT2D eigenvalue weighted by molar-refractivity contribution is 9.10. The Hall–Kier alpha value is -1.75. The van der Waals surface area contributed by atoms with Crippen LogP contribution in [0.2, 0.25) is 0 Å². The van der Waals surface area contributed by atoms with Gasteiger partial charge in [0, 0.05) is 15.6 Å². The van der Waals surface area contributed by atoms with Gasteiger partial charge in [0.2, 0.25) is 0 Å². The average molecular weight is 355 g/mol. The smallest absolute Gasteiger partial charge is 0.338 e. The quantitative estimate of drug-likeness (QED) is 0.739. The zero-order chi connectivity index (χ0) is 15.5. The number of rotatable bonds is 4. The lowest BCUT2D eigenvalue weighted by Gasteiger charge is -2.20. The molecule has 0 saturated heterocycles. The largest absolute Gasteiger partial charge is 0.462 e. The molecule has 21 heavy (non-hydrogen) atoms. The van der Waals surface area contributed by atoms with E-state index in [-0.39, 0.29) is 23.3 Å². The fraction of sp³-hybridized carbons (Fsp3) is 0.188. The molecule has 2 aromatic rings. The van der Waals surface area contributed by atoms with Crippen LogP contribution in [0.25, 0.3) is 0 Å². The first-order valence-corrected chi connectivity index (χ1v) is 7.16. The Balaban J connectivity index is 2.49. The lowest BCUT2D eigenvalue weighted by Crippen LogP contribution is -2.20. The molecule has 0 fully saturated rings. The highest BCUT2D eigenvalue weighted by Gasteiger charge is 2.37. The minimum absolute atomic E-state index is 0.118. The van der Waals surface area contributed by atoms with Gasteiger partial charge in [-0.1, -0.05) is 46.3 Å². The van der Waals surface area contributed by atoms with E-state index in [2.05, 4.69) is 15.9 Å². The van der Waals surface area contributed by atoms with Crippen molar-refractivity contribution in [3.63, 3.8) is 0 Å². The maximum Gasteiger partial charge on any atom is 0.338 e. The molecule has 0 aliphatic heterocycles. The maximum absolute atomic E-state index is 14.7. The molecular weight excluding hydrogens is 342 g/mol. The summed E-state index contributed by atoms with van der Waals surface area (Å²) in [6.07, 6.45) is 0. The second-order valence-corrected chi connectivity index (χ2v) is 5.26. The Bertz CT molecular complexity index is 639. The molecule has 0 unspecified atom stereocenters. The van der Waals surface area contributed by atoms with E-state index in [0.29, 0.717) is 4.47 Å². The van der Waals surface area contributed by atoms with Crippen LogP contribution in [-0.4, -0.2) is 12.6 Å². The average Bonchev–Trinajstić information content (AvgIpc) is 2.48. The van der Waals surface area contributed by atoms with Gasteiger partial charge in [-0.3, -0.25) is 0 Å². The molecule has 2 rings (SSSR count). The number of hydrogen-bond donors (Lipinski definition) is 0. The number of alkyl halides is 2. The first kappa shape index (κ1) is 15.6. The summed E-state index contributed by atoms with van der Waals surface area (Å²) >= 11 is 3.21. The Morgan fingerprint density at radius 1 is 1.14 bits per heavy atom. The minimum atomic E-state index is -3.27. The van der Waals surface area contributed by atoms with Gasteiger partial charge in [0.25, 0.3) is 5.92 Å². The van der Waals surface area contributed by atoms with Crippen LogP contribution in [0.4, 0.5) is 8.78 Å². The second kappa shape index (κ2) is 6.35. The molecule has 0 spiro atoms. The van der Waals surface area contributed by atoms with E-state index in [1.807, 2.05) is 0 Å². The molecule has 0 N–H and O–H groups in total. The molecule has 0 aliphatic carbocycles. The van der Waals surface area contributed by atoms with Gasteiger partial charge in [0.15, 0.2) is 0 Å². The lowest BCUT2D eigenvalue weighted by atomic mass is 9.96. The van der Waals surface area contributed by atoms with Crippen molar-refractivity contribution in [3.05, 3.63) is 69.7 Å². The normalized spacial score (nSPS) is 11.2. The van der Waals surface area contributed by atoms with Gasteiger partial charge < -0.3 is 4.74 Å². The summed E-state index contributed by atoms with van der Waals surface area (Å²) < 4.78 is 34.9. The van der Waals surface area contributed by atoms with E-state index in [1.54, 1.807) is 6.92 Å². The fourth-order valence-corrected chi connectivity index (χ4v) is 2.22. The molecule has 0 atom stereocenters. The topological polar surface area (TPSA) is 26.3 Å². The molecule has 2 aromatic carbocycles. The third-order valence-corrected chi connectivity index (χ3v) is 3.50. The van der Waals surface area contributed by atoms with Gasteiger partial charge in [-0.25, -0.2) is 4.79 Å². The van der Waals surface area contributed by atoms with E-state index < -0.39 is 11.9 Å². The second-order valence-electron chi connectivity index (χ2n) is 4.35. The number of carbonyl (C=O) groups is 1. The Kier molecular flexibility index (Phi) is 4.73. The molecule has 0 heterocycles. The van der Waals surface area contributed by atoms with Crippen molar-refractivity contribution in [2.45, 2.75) is 12.8 Å². The first-order valence-electron chi connectivity index (χ1n) is 6.37. The van der Waals surface area contributed by atoms with Crippen molar-refractivity contribution in [1.82, 2.24) is 0 Å². The van der Waals surface area contributed by atoms with Crippen LogP contribution in [0, 0.1) is 0 Å². The molecule has 0 radical (unpaired) electrons. The van der Waals surface area contributed by atoms with Gasteiger partial charge >= 0.3 is 5.97 Å². The molecule has 0 aromatic heterocycles. The molecular formula is C16H13BrF2O2. The SMILES string of the molecule is CCOC(=O)c1ccccc1C(F)(F)c1ccc(Br)cc1. The molecule has 110 valence electrons. The minimum Gasteiger partial charge on any atom is -0.462 e. The van der Waals surface area contributed by atoms with Gasteiger partial charge in [0.1, 0.15) is 0 Å². The van der Waals surface area contributed by atoms with Gasteiger partial charge in [-0.2, -0.15) is 8.78 Å². The van der Waals surface area contributed by atoms with Crippen molar-refractivity contribution in [2.24, 2.45) is 0 Å². The molecule has 5 heteroatoms. The summed E-state index contributed by atoms with van der Waals surface area (Å²) in [6, 6.07) is 11.3. The standard InChI is InChI=1S/C16H13BrF2O2/c1-2-21-15(20)13-5-3-4-6-14(13)16(18,19)11-7-9-12(17)10-8-11/h3-10H,2H2,1H3. The monoisotopic (exact) mass is 354 g/mol. The predicted octanol–water partition coefficient (Wildman–Crippen LogP) is 4.77. The molecule has 0 amide bonds. The third-order valence-electron chi connectivity index (χ3n) is 2.97. The van der Waals surface area contributed by atoms with Crippen LogP contribution < -0.4 is 0 Å². The molecule has 0 saturated carbocycles. The first-order chi connectivity index (χ1) is 9.96. The van der Waals surface area contributed by atoms with Crippen LogP contribution in [0.3, 0.4) is 0 Å². The van der Waals surface area contributed by atoms with E-state index in [4.69, 9.17) is 4.74 Å². The maximum atomic E-state index is 14.7. The third kappa shape index (κ3) is 3.29. The van der Waals surface area contributed by atoms with Crippen LogP contribution in [0.5, 0.6) is 0 Å². The molecule has 0 aliphatic rings. The van der Waals surface area contributed by atoms with Crippen LogP contribution >= 0.6 is 15.9 Å². The summed E-state index contributed by atoms with van der Waals surface area (Å²) in [5, 5.41) is 0. The summed E-state index contributed by atoms with van der Waals surface area (Å²) in [5.41, 5.74) is -0.652. The van der Waals surface area contributed by atoms with Crippen molar-refractivity contribution < 1.29 is 18.3 Å². The lowest BCUT2D eigenvalue weighted by molar-refractivity contribution is 0.0358. The fourth-order valence-electron chi connectivity index (χ4n) is 1.96. The van der Waals surface area contributed by atoms with E-state index in [9.17, 15) is 13.6 Å². The van der Waals surface area contributed by atoms with Gasteiger partial charge in [-0.15, -0.1) is 0 Å². The van der Waals surface area contributed by atoms with E-state index >= 15 is 0 Å². The Morgan fingerprint density at radius 3 is 2.38 bits per heavy atom. The van der Waals surface area contributed by atoms with Gasteiger partial charge in [0.05, 0.1) is 12.2 Å². The summed E-state index contributed by atoms with van der Waals surface area (Å²) in [5.74, 6) is -4.02. The number of carbonyl (C=O) groups excluding carboxylic acids is 1. The summed E-state index contributed by atoms with van der Waals surface area (Å²) in [4.78, 5) is 11.8. The number of halogens is 3. The van der Waals surface area contributed by atoms with Crippen LogP contribution in [0.15, 0.2) is 53.0 Å². The van der Waals surface area contributed by atoms with Crippen LogP contribution in [0.1, 0.15) is 28.4 Å².